The van der Waals surface area contributed by atoms with Crippen LogP contribution in [0.5, 0.6) is 0 Å². The van der Waals surface area contributed by atoms with E-state index in [0.29, 0.717) is 11.1 Å². The zero-order chi connectivity index (χ0) is 45.8. The van der Waals surface area contributed by atoms with Crippen LogP contribution in [0.4, 0.5) is 0 Å². The molecule has 0 fully saturated rings. The van der Waals surface area contributed by atoms with Crippen molar-refractivity contribution in [2.75, 3.05) is 0 Å². The second kappa shape index (κ2) is 18.2. The fraction of sp³-hybridized carbons (Fsp3) is 0. The Morgan fingerprint density at radius 3 is 1.12 bits per heavy atom. The van der Waals surface area contributed by atoms with Crippen LogP contribution in [0.3, 0.4) is 0 Å². The third-order valence-electron chi connectivity index (χ3n) is 12.6. The summed E-state index contributed by atoms with van der Waals surface area (Å²) in [5.41, 5.74) is 15.9. The minimum Gasteiger partial charge on any atom is -0.247 e. The van der Waals surface area contributed by atoms with Crippen molar-refractivity contribution in [1.82, 2.24) is 9.97 Å². The van der Waals surface area contributed by atoms with Gasteiger partial charge in [0.1, 0.15) is 0 Å². The van der Waals surface area contributed by atoms with Crippen molar-refractivity contribution in [3.05, 3.63) is 254 Å². The summed E-state index contributed by atoms with van der Waals surface area (Å²) >= 11 is 0. The molecule has 12 aromatic rings. The molecule has 0 aliphatic carbocycles. The number of benzene rings is 10. The van der Waals surface area contributed by atoms with Gasteiger partial charge in [0.2, 0.25) is 0 Å². The van der Waals surface area contributed by atoms with Crippen molar-refractivity contribution in [3.63, 3.8) is 0 Å². The van der Waals surface area contributed by atoms with Crippen LogP contribution in [-0.2, 0) is 0 Å². The Balaban J connectivity index is 0.000000149. The first-order valence-electron chi connectivity index (χ1n) is 22.6. The van der Waals surface area contributed by atoms with E-state index in [-0.39, 0.29) is 0 Å². The Labute approximate surface area is 395 Å². The molecule has 2 heterocycles. The third kappa shape index (κ3) is 7.79. The Hall–Kier alpha value is -9.48. The molecule has 0 unspecified atom stereocenters. The lowest BCUT2D eigenvalue weighted by Gasteiger charge is -2.16. The molecule has 10 aromatic carbocycles. The number of rotatable bonds is 6. The number of nitriles is 2. The summed E-state index contributed by atoms with van der Waals surface area (Å²) in [6, 6.07) is 87.5. The van der Waals surface area contributed by atoms with Gasteiger partial charge in [0.15, 0.2) is 0 Å². The monoisotopic (exact) mass is 864 g/mol. The highest BCUT2D eigenvalue weighted by Gasteiger charge is 2.18. The zero-order valence-corrected chi connectivity index (χ0v) is 36.9. The SMILES string of the molecule is N#Cc1cccc(-c2cc(-c3ccccc3)c3cc(-c4ccccc4)c4ccccc4c3n2)c1.N#Cc1ccccc1-c1cc(-c2ccccc2)c2cc(-c3ccccc3)c3ccccc3c2n1. The number of hydrogen-bond donors (Lipinski definition) is 0. The van der Waals surface area contributed by atoms with Crippen LogP contribution < -0.4 is 0 Å². The molecule has 316 valence electrons. The molecule has 0 aliphatic heterocycles. The molecule has 0 spiro atoms. The molecular weight excluding hydrogens is 825 g/mol. The fourth-order valence-electron chi connectivity index (χ4n) is 9.37. The molecule has 0 atom stereocenters. The van der Waals surface area contributed by atoms with Crippen molar-refractivity contribution in [2.24, 2.45) is 0 Å². The van der Waals surface area contributed by atoms with Crippen LogP contribution in [-0.4, -0.2) is 9.97 Å². The first-order chi connectivity index (χ1) is 33.6. The summed E-state index contributed by atoms with van der Waals surface area (Å²) in [5, 5.41) is 25.9. The maximum atomic E-state index is 9.74. The van der Waals surface area contributed by atoms with Gasteiger partial charge in [0.05, 0.1) is 45.7 Å². The van der Waals surface area contributed by atoms with E-state index in [1.54, 1.807) is 0 Å². The molecule has 0 saturated carbocycles. The molecule has 0 saturated heterocycles. The summed E-state index contributed by atoms with van der Waals surface area (Å²) in [4.78, 5) is 10.3. The van der Waals surface area contributed by atoms with E-state index >= 15 is 0 Å². The summed E-state index contributed by atoms with van der Waals surface area (Å²) in [5.74, 6) is 0. The standard InChI is InChI=1S/2C32H20N2/c33-21-22-10-9-15-25(18-22)31-20-29(24-13-5-2-6-14-24)30-19-28(23-11-3-1-4-12-23)26-16-7-8-17-27(26)32(30)34-31;33-21-24-15-7-8-16-25(24)31-20-29(23-13-5-2-6-14-23)30-19-28(22-11-3-1-4-12-22)26-17-9-10-18-27(26)32(30)34-31/h2*1-20H. The van der Waals surface area contributed by atoms with E-state index in [0.717, 1.165) is 77.3 Å². The zero-order valence-electron chi connectivity index (χ0n) is 36.9. The maximum absolute atomic E-state index is 9.74. The Morgan fingerprint density at radius 2 is 0.647 bits per heavy atom. The lowest BCUT2D eigenvalue weighted by molar-refractivity contribution is 1.39. The molecular formula is C64H40N4. The van der Waals surface area contributed by atoms with Gasteiger partial charge in [-0.15, -0.1) is 0 Å². The van der Waals surface area contributed by atoms with Gasteiger partial charge >= 0.3 is 0 Å². The molecule has 12 rings (SSSR count). The summed E-state index contributed by atoms with van der Waals surface area (Å²) < 4.78 is 0. The first kappa shape index (κ1) is 41.2. The van der Waals surface area contributed by atoms with Crippen molar-refractivity contribution in [3.8, 4) is 79.2 Å². The topological polar surface area (TPSA) is 73.4 Å². The van der Waals surface area contributed by atoms with Crippen molar-refractivity contribution >= 4 is 43.4 Å². The molecule has 0 N–H and O–H groups in total. The second-order valence-corrected chi connectivity index (χ2v) is 16.7. The highest BCUT2D eigenvalue weighted by Crippen LogP contribution is 2.42. The van der Waals surface area contributed by atoms with Crippen molar-refractivity contribution < 1.29 is 0 Å². The molecule has 0 amide bonds. The predicted molar refractivity (Wildman–Crippen MR) is 281 cm³/mol. The largest absolute Gasteiger partial charge is 0.247 e. The van der Waals surface area contributed by atoms with Crippen LogP contribution in [0, 0.1) is 22.7 Å². The van der Waals surface area contributed by atoms with Gasteiger partial charge in [-0.1, -0.05) is 200 Å². The van der Waals surface area contributed by atoms with E-state index in [2.05, 4.69) is 182 Å². The Bertz CT molecular complexity index is 3910. The average Bonchev–Trinajstić information content (AvgIpc) is 3.43. The molecule has 0 radical (unpaired) electrons. The summed E-state index contributed by atoms with van der Waals surface area (Å²) in [6.07, 6.45) is 0. The van der Waals surface area contributed by atoms with E-state index in [1.807, 2.05) is 72.8 Å². The molecule has 0 aliphatic rings. The van der Waals surface area contributed by atoms with Gasteiger partial charge in [0.25, 0.3) is 0 Å². The van der Waals surface area contributed by atoms with Crippen molar-refractivity contribution in [2.45, 2.75) is 0 Å². The van der Waals surface area contributed by atoms with Crippen LogP contribution in [0.1, 0.15) is 11.1 Å². The number of aromatic nitrogens is 2. The van der Waals surface area contributed by atoms with Gasteiger partial charge in [-0.2, -0.15) is 10.5 Å². The molecule has 4 nitrogen and oxygen atoms in total. The summed E-state index contributed by atoms with van der Waals surface area (Å²) in [6.45, 7) is 0. The van der Waals surface area contributed by atoms with E-state index < -0.39 is 0 Å². The average molecular weight is 865 g/mol. The van der Waals surface area contributed by atoms with Crippen molar-refractivity contribution in [1.29, 1.82) is 10.5 Å². The highest BCUT2D eigenvalue weighted by atomic mass is 14.7. The van der Waals surface area contributed by atoms with Gasteiger partial charge in [-0.05, 0) is 97.7 Å². The lowest BCUT2D eigenvalue weighted by Crippen LogP contribution is -1.94. The van der Waals surface area contributed by atoms with E-state index in [1.165, 1.54) is 33.0 Å². The number of hydrogen-bond acceptors (Lipinski definition) is 4. The minimum absolute atomic E-state index is 0.624. The summed E-state index contributed by atoms with van der Waals surface area (Å²) in [7, 11) is 0. The minimum atomic E-state index is 0.624. The van der Waals surface area contributed by atoms with Crippen LogP contribution in [0.2, 0.25) is 0 Å². The van der Waals surface area contributed by atoms with Crippen LogP contribution in [0.25, 0.3) is 110 Å². The number of nitrogens with zero attached hydrogens (tertiary/aromatic N) is 4. The third-order valence-corrected chi connectivity index (χ3v) is 12.6. The number of fused-ring (bicyclic) bond motifs is 6. The number of pyridine rings is 2. The lowest BCUT2D eigenvalue weighted by atomic mass is 9.90. The molecule has 68 heavy (non-hydrogen) atoms. The molecule has 2 aromatic heterocycles. The van der Waals surface area contributed by atoms with Gasteiger partial charge in [-0.25, -0.2) is 9.97 Å². The quantitative estimate of drug-likeness (QED) is 0.156. The van der Waals surface area contributed by atoms with Gasteiger partial charge < -0.3 is 0 Å². The smallest absolute Gasteiger partial charge is 0.0998 e. The predicted octanol–water partition coefficient (Wildman–Crippen LogP) is 16.5. The maximum Gasteiger partial charge on any atom is 0.0998 e. The highest BCUT2D eigenvalue weighted by molar-refractivity contribution is 6.17. The van der Waals surface area contributed by atoms with E-state index in [4.69, 9.17) is 9.97 Å². The first-order valence-corrected chi connectivity index (χ1v) is 22.6. The van der Waals surface area contributed by atoms with Crippen LogP contribution in [0.15, 0.2) is 243 Å². The van der Waals surface area contributed by atoms with Gasteiger partial charge in [0, 0.05) is 32.7 Å². The Kier molecular flexibility index (Phi) is 11.0. The molecule has 4 heteroatoms. The normalized spacial score (nSPS) is 10.9. The van der Waals surface area contributed by atoms with Crippen LogP contribution >= 0.6 is 0 Å². The van der Waals surface area contributed by atoms with Gasteiger partial charge in [-0.3, -0.25) is 0 Å². The Morgan fingerprint density at radius 1 is 0.265 bits per heavy atom. The fourth-order valence-corrected chi connectivity index (χ4v) is 9.37. The second-order valence-electron chi connectivity index (χ2n) is 16.7. The van der Waals surface area contributed by atoms with E-state index in [9.17, 15) is 10.5 Å². The molecule has 0 bridgehead atoms.